The molecule has 0 bridgehead atoms. The van der Waals surface area contributed by atoms with Gasteiger partial charge in [-0.15, -0.1) is 0 Å². The number of quaternary nitrogens is 2. The van der Waals surface area contributed by atoms with Gasteiger partial charge in [-0.3, -0.25) is 0 Å². The number of rotatable bonds is 4. The summed E-state index contributed by atoms with van der Waals surface area (Å²) in [4.78, 5) is 8.99. The Bertz CT molecular complexity index is 228. The van der Waals surface area contributed by atoms with Gasteiger partial charge in [-0.1, -0.05) is 0 Å². The van der Waals surface area contributed by atoms with Crippen molar-refractivity contribution in [2.45, 2.75) is 0 Å². The van der Waals surface area contributed by atoms with Gasteiger partial charge in [0.15, 0.2) is 7.68 Å². The third kappa shape index (κ3) is 77.5. The number of aliphatic hydroxyl groups excluding tert-OH is 2. The zero-order valence-corrected chi connectivity index (χ0v) is 16.7. The van der Waals surface area contributed by atoms with E-state index >= 15 is 0 Å². The molecule has 1 atom stereocenters. The van der Waals surface area contributed by atoms with Crippen molar-refractivity contribution in [3.8, 4) is 0 Å². The van der Waals surface area contributed by atoms with Crippen LogP contribution in [0.2, 0.25) is 0 Å². The minimum atomic E-state index is -4.39. The van der Waals surface area contributed by atoms with Gasteiger partial charge in [0.05, 0.1) is 55.5 Å². The molecule has 2 N–H and O–H groups in total. The van der Waals surface area contributed by atoms with Crippen LogP contribution in [0.25, 0.3) is 0 Å². The molecular weight excluding hydrogens is 401 g/mol. The fourth-order valence-electron chi connectivity index (χ4n) is 0.600. The third-order valence-corrected chi connectivity index (χ3v) is 1.54. The second-order valence-electron chi connectivity index (χ2n) is 6.22. The Hall–Kier alpha value is 0.690. The highest BCUT2D eigenvalue weighted by atomic mass is 127. The van der Waals surface area contributed by atoms with Crippen LogP contribution in [0.5, 0.6) is 0 Å². The molecule has 0 aliphatic carbocycles. The summed E-state index contributed by atoms with van der Waals surface area (Å²) >= 11 is 0. The van der Waals surface area contributed by atoms with E-state index in [9.17, 15) is 4.20 Å². The molecule has 0 aliphatic heterocycles. The van der Waals surface area contributed by atoms with Crippen molar-refractivity contribution in [1.82, 2.24) is 0 Å². The average molecular weight is 432 g/mol. The Morgan fingerprint density at radius 3 is 1.10 bits per heavy atom. The third-order valence-electron chi connectivity index (χ3n) is 1.54. The maximum atomic E-state index is 10.7. The van der Waals surface area contributed by atoms with E-state index in [0.29, 0.717) is 6.66 Å². The average Bonchev–Trinajstić information content (AvgIpc) is 1.95. The smallest absolute Gasteiger partial charge is 0.178 e. The lowest BCUT2D eigenvalue weighted by Crippen LogP contribution is -3.00. The first kappa shape index (κ1) is 28.8. The number of likely N-dealkylation sites (N-methyl/N-ethyl adjacent to an activating group) is 2. The number of halogens is 2. The molecule has 9 heteroatoms. The molecule has 0 aliphatic rings. The van der Waals surface area contributed by atoms with E-state index in [4.69, 9.17) is 19.7 Å². The van der Waals surface area contributed by atoms with Crippen molar-refractivity contribution >= 4 is 7.68 Å². The molecular formula is C11H31FIN2O4P. The van der Waals surface area contributed by atoms with Gasteiger partial charge < -0.3 is 52.6 Å². The van der Waals surface area contributed by atoms with E-state index < -0.39 is 7.68 Å². The Morgan fingerprint density at radius 1 is 0.950 bits per heavy atom. The highest BCUT2D eigenvalue weighted by Crippen LogP contribution is 2.29. The van der Waals surface area contributed by atoms with E-state index in [1.54, 1.807) is 0 Å². The monoisotopic (exact) mass is 432 g/mol. The van der Waals surface area contributed by atoms with E-state index in [1.165, 1.54) is 0 Å². The van der Waals surface area contributed by atoms with Crippen LogP contribution in [0.3, 0.4) is 0 Å². The van der Waals surface area contributed by atoms with Crippen molar-refractivity contribution in [3.63, 3.8) is 0 Å². The zero-order chi connectivity index (χ0) is 16.3. The standard InChI is InChI=1S/2C5H14NO.CH4FO2P.HI/c2*1-6(2,3)4-5-7;1-5(2,3)4;/h2*7H,4-5H2,1-3H3;1H3,(H,3,4);1H/q2*+1;;/p-2. The van der Waals surface area contributed by atoms with Crippen LogP contribution in [0.1, 0.15) is 0 Å². The van der Waals surface area contributed by atoms with E-state index in [2.05, 4.69) is 42.3 Å². The highest BCUT2D eigenvalue weighted by molar-refractivity contribution is 7.49. The summed E-state index contributed by atoms with van der Waals surface area (Å²) in [5.74, 6) is 0. The van der Waals surface area contributed by atoms with Gasteiger partial charge in [0, 0.05) is 6.66 Å². The summed E-state index contributed by atoms with van der Waals surface area (Å²) in [6.07, 6.45) is 0. The first-order valence-corrected chi connectivity index (χ1v) is 7.89. The molecule has 0 saturated carbocycles. The zero-order valence-electron chi connectivity index (χ0n) is 13.6. The van der Waals surface area contributed by atoms with Gasteiger partial charge in [0.1, 0.15) is 13.1 Å². The molecule has 0 aromatic heterocycles. The Balaban J connectivity index is -0.0000000952. The molecule has 0 rings (SSSR count). The minimum absolute atomic E-state index is 0. The maximum absolute atomic E-state index is 10.7. The van der Waals surface area contributed by atoms with E-state index in [-0.39, 0.29) is 37.2 Å². The lowest BCUT2D eigenvalue weighted by molar-refractivity contribution is -0.870. The topological polar surface area (TPSA) is 80.6 Å². The van der Waals surface area contributed by atoms with Crippen LogP contribution < -0.4 is 28.9 Å². The minimum Gasteiger partial charge on any atom is -1.00 e. The highest BCUT2D eigenvalue weighted by Gasteiger charge is 2.02. The summed E-state index contributed by atoms with van der Waals surface area (Å²) in [6.45, 7) is 2.75. The van der Waals surface area contributed by atoms with Crippen molar-refractivity contribution in [2.24, 2.45) is 0 Å². The van der Waals surface area contributed by atoms with Gasteiger partial charge in [0.2, 0.25) is 0 Å². The summed E-state index contributed by atoms with van der Waals surface area (Å²) in [5.41, 5.74) is 0. The predicted octanol–water partition coefficient (Wildman–Crippen LogP) is -3.49. The second kappa shape index (κ2) is 13.4. The van der Waals surface area contributed by atoms with E-state index in [1.807, 2.05) is 0 Å². The Labute approximate surface area is 140 Å². The lowest BCUT2D eigenvalue weighted by atomic mass is 10.5. The van der Waals surface area contributed by atoms with Gasteiger partial charge in [-0.2, -0.15) is 0 Å². The van der Waals surface area contributed by atoms with Gasteiger partial charge in [-0.25, -0.2) is 4.20 Å². The summed E-state index contributed by atoms with van der Waals surface area (Å²) in [6, 6.07) is 0. The van der Waals surface area contributed by atoms with Crippen LogP contribution in [-0.2, 0) is 4.57 Å². The van der Waals surface area contributed by atoms with Gasteiger partial charge in [-0.05, 0) is 0 Å². The van der Waals surface area contributed by atoms with Crippen molar-refractivity contribution in [3.05, 3.63) is 0 Å². The SMILES string of the molecule is CP(=O)([O-])F.C[N+](C)(C)CCO.C[N+](C)(C)CCO.[I-]. The molecule has 0 amide bonds. The number of hydrogen-bond donors (Lipinski definition) is 2. The molecule has 0 saturated heterocycles. The number of nitrogens with zero attached hydrogens (tertiary/aromatic N) is 2. The summed E-state index contributed by atoms with van der Waals surface area (Å²) in [7, 11) is 7.92. The molecule has 0 aromatic carbocycles. The molecule has 0 spiro atoms. The fourth-order valence-corrected chi connectivity index (χ4v) is 0.600. The van der Waals surface area contributed by atoms with Gasteiger partial charge in [0.25, 0.3) is 0 Å². The Morgan fingerprint density at radius 2 is 1.10 bits per heavy atom. The fraction of sp³-hybridized carbons (Fsp3) is 1.00. The van der Waals surface area contributed by atoms with Crippen LogP contribution in [0.15, 0.2) is 0 Å². The molecule has 0 radical (unpaired) electrons. The van der Waals surface area contributed by atoms with E-state index in [0.717, 1.165) is 22.1 Å². The molecule has 128 valence electrons. The van der Waals surface area contributed by atoms with Crippen LogP contribution in [0, 0.1) is 0 Å². The normalized spacial score (nSPS) is 13.8. The van der Waals surface area contributed by atoms with Crippen LogP contribution in [0.4, 0.5) is 4.20 Å². The molecule has 0 aromatic rings. The molecule has 6 nitrogen and oxygen atoms in total. The molecule has 1 unspecified atom stereocenters. The van der Waals surface area contributed by atoms with Crippen molar-refractivity contribution in [1.29, 1.82) is 0 Å². The van der Waals surface area contributed by atoms with Crippen LogP contribution in [-0.4, -0.2) is 94.4 Å². The summed E-state index contributed by atoms with van der Waals surface area (Å²) in [5, 5.41) is 16.8. The lowest BCUT2D eigenvalue weighted by Gasteiger charge is -2.21. The largest absolute Gasteiger partial charge is 1.00 e. The molecule has 0 heterocycles. The number of aliphatic hydroxyl groups is 2. The van der Waals surface area contributed by atoms with Gasteiger partial charge >= 0.3 is 0 Å². The van der Waals surface area contributed by atoms with Crippen molar-refractivity contribution in [2.75, 3.05) is 75.3 Å². The van der Waals surface area contributed by atoms with Crippen LogP contribution >= 0.6 is 7.68 Å². The molecule has 20 heavy (non-hydrogen) atoms. The van der Waals surface area contributed by atoms with Crippen molar-refractivity contribution < 1.29 is 56.8 Å². The first-order valence-electron chi connectivity index (χ1n) is 5.93. The first-order chi connectivity index (χ1) is 8.12. The quantitative estimate of drug-likeness (QED) is 0.275. The number of hydrogen-bond acceptors (Lipinski definition) is 4. The maximum Gasteiger partial charge on any atom is 0.178 e. The summed E-state index contributed by atoms with van der Waals surface area (Å²) < 4.78 is 21.4. The molecule has 0 fully saturated rings. The second-order valence-corrected chi connectivity index (χ2v) is 7.72. The Kier molecular flexibility index (Phi) is 19.2. The predicted molar refractivity (Wildman–Crippen MR) is 74.6 cm³/mol.